The molecule has 2 saturated heterocycles. The van der Waals surface area contributed by atoms with E-state index >= 15 is 0 Å². The summed E-state index contributed by atoms with van der Waals surface area (Å²) in [6.45, 7) is 2.90. The quantitative estimate of drug-likeness (QED) is 0.399. The van der Waals surface area contributed by atoms with Gasteiger partial charge in [0.05, 0.1) is 18.3 Å². The second kappa shape index (κ2) is 9.53. The van der Waals surface area contributed by atoms with Gasteiger partial charge in [-0.1, -0.05) is 38.3 Å². The number of allylic oxidation sites excluding steroid dienone is 2. The van der Waals surface area contributed by atoms with Crippen LogP contribution in [0.4, 0.5) is 0 Å². The van der Waals surface area contributed by atoms with Crippen LogP contribution in [0, 0.1) is 11.3 Å². The van der Waals surface area contributed by atoms with E-state index in [1.54, 1.807) is 0 Å². The van der Waals surface area contributed by atoms with Crippen LogP contribution in [-0.4, -0.2) is 47.1 Å². The molecule has 2 heterocycles. The minimum Gasteiger partial charge on any atom is -0.481 e. The van der Waals surface area contributed by atoms with Gasteiger partial charge in [-0.05, 0) is 50.4 Å². The molecule has 0 aromatic heterocycles. The van der Waals surface area contributed by atoms with Gasteiger partial charge in [0.2, 0.25) is 0 Å². The molecule has 0 aromatic rings. The number of aliphatic hydroxyl groups is 1. The van der Waals surface area contributed by atoms with Gasteiger partial charge in [-0.2, -0.15) is 0 Å². The monoisotopic (exact) mass is 379 g/mol. The van der Waals surface area contributed by atoms with Crippen molar-refractivity contribution in [3.05, 3.63) is 12.2 Å². The second-order valence-electron chi connectivity index (χ2n) is 9.11. The van der Waals surface area contributed by atoms with Gasteiger partial charge in [0, 0.05) is 24.9 Å². The largest absolute Gasteiger partial charge is 0.481 e. The van der Waals surface area contributed by atoms with Crippen molar-refractivity contribution in [1.29, 1.82) is 0 Å². The van der Waals surface area contributed by atoms with Crippen LogP contribution in [0.25, 0.3) is 0 Å². The lowest BCUT2D eigenvalue weighted by Gasteiger charge is -2.39. The minimum absolute atomic E-state index is 0.0588. The Morgan fingerprint density at radius 1 is 1.22 bits per heavy atom. The number of nitrogens with one attached hydrogen (secondary N) is 1. The van der Waals surface area contributed by atoms with E-state index in [9.17, 15) is 9.90 Å². The van der Waals surface area contributed by atoms with Gasteiger partial charge in [0.25, 0.3) is 0 Å². The van der Waals surface area contributed by atoms with Crippen LogP contribution in [0.15, 0.2) is 12.2 Å². The highest BCUT2D eigenvalue weighted by Crippen LogP contribution is 2.42. The van der Waals surface area contributed by atoms with Crippen LogP contribution in [0.5, 0.6) is 0 Å². The van der Waals surface area contributed by atoms with Crippen molar-refractivity contribution in [3.8, 4) is 0 Å². The maximum Gasteiger partial charge on any atom is 0.303 e. The first-order valence-electron chi connectivity index (χ1n) is 10.9. The van der Waals surface area contributed by atoms with E-state index in [-0.39, 0.29) is 24.0 Å². The molecule has 27 heavy (non-hydrogen) atoms. The molecule has 5 nitrogen and oxygen atoms in total. The lowest BCUT2D eigenvalue weighted by Crippen LogP contribution is -2.50. The molecule has 2 bridgehead atoms. The number of aliphatic carboxylic acids is 1. The molecule has 154 valence electrons. The van der Waals surface area contributed by atoms with Gasteiger partial charge < -0.3 is 20.3 Å². The summed E-state index contributed by atoms with van der Waals surface area (Å²) >= 11 is 0. The molecule has 3 rings (SSSR count). The number of hydrogen-bond donors (Lipinski definition) is 3. The van der Waals surface area contributed by atoms with E-state index in [1.807, 2.05) is 0 Å². The highest BCUT2D eigenvalue weighted by molar-refractivity contribution is 5.66. The minimum atomic E-state index is -0.723. The molecule has 5 atom stereocenters. The molecule has 2 aliphatic heterocycles. The van der Waals surface area contributed by atoms with E-state index in [0.717, 1.165) is 38.5 Å². The highest BCUT2D eigenvalue weighted by Gasteiger charge is 2.48. The smallest absolute Gasteiger partial charge is 0.303 e. The van der Waals surface area contributed by atoms with Gasteiger partial charge in [-0.3, -0.25) is 4.79 Å². The van der Waals surface area contributed by atoms with Crippen molar-refractivity contribution in [2.75, 3.05) is 6.54 Å². The molecule has 3 fully saturated rings. The van der Waals surface area contributed by atoms with Crippen LogP contribution in [0.1, 0.15) is 77.6 Å². The molecule has 1 aliphatic carbocycles. The lowest BCUT2D eigenvalue weighted by atomic mass is 9.71. The maximum atomic E-state index is 10.8. The van der Waals surface area contributed by atoms with Gasteiger partial charge in [0.1, 0.15) is 0 Å². The Morgan fingerprint density at radius 3 is 2.70 bits per heavy atom. The molecule has 1 saturated carbocycles. The fraction of sp³-hybridized carbons (Fsp3) is 0.864. The SMILES string of the molecule is CC1(C(O)CN[C@H]2[C@@H](CC=CCCCC(=O)O)[C@H]3CC[C@@H]2O3)CCCCC1. The van der Waals surface area contributed by atoms with Crippen molar-refractivity contribution in [2.24, 2.45) is 11.3 Å². The summed E-state index contributed by atoms with van der Waals surface area (Å²) in [5.74, 6) is -0.259. The third-order valence-electron chi connectivity index (χ3n) is 7.11. The molecular weight excluding hydrogens is 342 g/mol. The zero-order chi connectivity index (χ0) is 19.3. The molecule has 3 aliphatic rings. The number of aliphatic hydroxyl groups excluding tert-OH is 1. The van der Waals surface area contributed by atoms with Crippen molar-refractivity contribution in [1.82, 2.24) is 5.32 Å². The number of carbonyl (C=O) groups is 1. The van der Waals surface area contributed by atoms with Crippen molar-refractivity contribution in [2.45, 2.75) is 102 Å². The predicted octanol–water partition coefficient (Wildman–Crippen LogP) is 3.65. The topological polar surface area (TPSA) is 78.8 Å². The summed E-state index contributed by atoms with van der Waals surface area (Å²) < 4.78 is 6.15. The van der Waals surface area contributed by atoms with Crippen LogP contribution in [0.3, 0.4) is 0 Å². The average Bonchev–Trinajstić information content (AvgIpc) is 3.24. The Morgan fingerprint density at radius 2 is 1.96 bits per heavy atom. The summed E-state index contributed by atoms with van der Waals surface area (Å²) in [5.41, 5.74) is 0.0588. The average molecular weight is 380 g/mol. The summed E-state index contributed by atoms with van der Waals surface area (Å²) in [7, 11) is 0. The third kappa shape index (κ3) is 5.33. The second-order valence-corrected chi connectivity index (χ2v) is 9.11. The first-order valence-corrected chi connectivity index (χ1v) is 10.9. The van der Waals surface area contributed by atoms with Gasteiger partial charge in [-0.15, -0.1) is 0 Å². The Kier molecular flexibility index (Phi) is 7.35. The maximum absolute atomic E-state index is 10.8. The molecule has 1 unspecified atom stereocenters. The molecule has 0 aromatic carbocycles. The van der Waals surface area contributed by atoms with Crippen LogP contribution < -0.4 is 5.32 Å². The number of fused-ring (bicyclic) bond motifs is 2. The normalized spacial score (nSPS) is 33.6. The lowest BCUT2D eigenvalue weighted by molar-refractivity contribution is -0.137. The van der Waals surface area contributed by atoms with E-state index in [1.165, 1.54) is 19.3 Å². The Bertz CT molecular complexity index is 514. The summed E-state index contributed by atoms with van der Waals surface area (Å²) in [6.07, 6.45) is 15.7. The van der Waals surface area contributed by atoms with E-state index < -0.39 is 5.97 Å². The molecule has 3 N–H and O–H groups in total. The molecule has 0 radical (unpaired) electrons. The zero-order valence-electron chi connectivity index (χ0n) is 16.7. The number of unbranched alkanes of at least 4 members (excludes halogenated alkanes) is 1. The first kappa shape index (κ1) is 20.8. The van der Waals surface area contributed by atoms with Crippen LogP contribution >= 0.6 is 0 Å². The van der Waals surface area contributed by atoms with E-state index in [0.29, 0.717) is 31.0 Å². The van der Waals surface area contributed by atoms with Crippen molar-refractivity contribution < 1.29 is 19.7 Å². The summed E-state index contributed by atoms with van der Waals surface area (Å²) in [6, 6.07) is 0.328. The van der Waals surface area contributed by atoms with Gasteiger partial charge >= 0.3 is 5.97 Å². The number of carboxylic acids is 1. The van der Waals surface area contributed by atoms with Gasteiger partial charge in [-0.25, -0.2) is 0 Å². The third-order valence-corrected chi connectivity index (χ3v) is 7.11. The first-order chi connectivity index (χ1) is 13.0. The standard InChI is InChI=1S/C22H37NO4/c1-22(13-7-4-8-14-22)19(24)15-23-21-16(17-11-12-18(21)27-17)9-5-2-3-6-10-20(25)26/h2,5,16-19,21,23-24H,3-4,6-15H2,1H3,(H,25,26)/t16-,17+,18-,19?,21-/m0/s1. The Balaban J connectivity index is 1.46. The Labute approximate surface area is 163 Å². The van der Waals surface area contributed by atoms with Crippen molar-refractivity contribution >= 4 is 5.97 Å². The fourth-order valence-corrected chi connectivity index (χ4v) is 5.29. The van der Waals surface area contributed by atoms with E-state index in [2.05, 4.69) is 24.4 Å². The number of ether oxygens (including phenoxy) is 1. The Hall–Kier alpha value is -0.910. The molecule has 5 heteroatoms. The zero-order valence-corrected chi connectivity index (χ0v) is 16.7. The van der Waals surface area contributed by atoms with Gasteiger partial charge in [0.15, 0.2) is 0 Å². The summed E-state index contributed by atoms with van der Waals surface area (Å²) in [5, 5.41) is 23.2. The summed E-state index contributed by atoms with van der Waals surface area (Å²) in [4.78, 5) is 10.6. The van der Waals surface area contributed by atoms with Crippen LogP contribution in [0.2, 0.25) is 0 Å². The van der Waals surface area contributed by atoms with Crippen LogP contribution in [-0.2, 0) is 9.53 Å². The fourth-order valence-electron chi connectivity index (χ4n) is 5.29. The number of hydrogen-bond acceptors (Lipinski definition) is 4. The molecule has 0 spiro atoms. The van der Waals surface area contributed by atoms with E-state index in [4.69, 9.17) is 9.84 Å². The number of rotatable bonds is 10. The number of carboxylic acid groups (broad SMARTS) is 1. The highest BCUT2D eigenvalue weighted by atomic mass is 16.5. The molecular formula is C22H37NO4. The molecule has 0 amide bonds. The predicted molar refractivity (Wildman–Crippen MR) is 106 cm³/mol. The van der Waals surface area contributed by atoms with Crippen molar-refractivity contribution in [3.63, 3.8) is 0 Å².